The summed E-state index contributed by atoms with van der Waals surface area (Å²) in [6, 6.07) is 20.2. The van der Waals surface area contributed by atoms with Crippen molar-refractivity contribution in [1.29, 1.82) is 0 Å². The lowest BCUT2D eigenvalue weighted by Crippen LogP contribution is -2.42. The van der Waals surface area contributed by atoms with Gasteiger partial charge in [0.25, 0.3) is 0 Å². The first kappa shape index (κ1) is 21.3. The molecule has 1 aliphatic rings. The molecule has 0 unspecified atom stereocenters. The van der Waals surface area contributed by atoms with Crippen LogP contribution in [0.5, 0.6) is 0 Å². The van der Waals surface area contributed by atoms with E-state index in [0.717, 1.165) is 28.0 Å². The van der Waals surface area contributed by atoms with Gasteiger partial charge >= 0.3 is 0 Å². The fraction of sp³-hybridized carbons (Fsp3) is 0.269. The molecule has 3 heterocycles. The molecule has 1 amide bonds. The number of amides is 1. The number of fused-ring (bicyclic) bond motifs is 1. The average Bonchev–Trinajstić information content (AvgIpc) is 3.27. The molecule has 6 nitrogen and oxygen atoms in total. The number of aryl methyl sites for hydroxylation is 1. The third kappa shape index (κ3) is 4.93. The Hall–Kier alpha value is -3.58. The standard InChI is InChI=1S/C26H25FN4O2/c27-20-10-8-19(9-11-20)16-21-4-3-6-23(29-21)25-17-30(14-15-33-25)26(32)12-13-31-18-28-22-5-1-2-7-24(22)31/h1-11,18,25H,12-17H2/t25-/m0/s1. The van der Waals surface area contributed by atoms with E-state index in [-0.39, 0.29) is 17.8 Å². The van der Waals surface area contributed by atoms with Crippen molar-refractivity contribution in [2.24, 2.45) is 0 Å². The van der Waals surface area contributed by atoms with Gasteiger partial charge in [0.1, 0.15) is 11.9 Å². The molecule has 0 N–H and O–H groups in total. The van der Waals surface area contributed by atoms with Gasteiger partial charge in [-0.25, -0.2) is 9.37 Å². The Morgan fingerprint density at radius 3 is 2.79 bits per heavy atom. The first-order chi connectivity index (χ1) is 16.2. The van der Waals surface area contributed by atoms with Crippen LogP contribution in [0, 0.1) is 5.82 Å². The zero-order valence-corrected chi connectivity index (χ0v) is 18.2. The number of hydrogen-bond donors (Lipinski definition) is 0. The number of nitrogens with zero attached hydrogens (tertiary/aromatic N) is 4. The van der Waals surface area contributed by atoms with Gasteiger partial charge in [0.15, 0.2) is 0 Å². The zero-order chi connectivity index (χ0) is 22.6. The molecule has 7 heteroatoms. The number of morpholine rings is 1. The number of aromatic nitrogens is 3. The lowest BCUT2D eigenvalue weighted by atomic mass is 10.1. The monoisotopic (exact) mass is 444 g/mol. The smallest absolute Gasteiger partial charge is 0.224 e. The number of imidazole rings is 1. The second-order valence-electron chi connectivity index (χ2n) is 8.23. The van der Waals surface area contributed by atoms with E-state index >= 15 is 0 Å². The summed E-state index contributed by atoms with van der Waals surface area (Å²) in [5.74, 6) is -0.148. The molecule has 1 saturated heterocycles. The van der Waals surface area contributed by atoms with Crippen molar-refractivity contribution in [3.63, 3.8) is 0 Å². The topological polar surface area (TPSA) is 60.2 Å². The van der Waals surface area contributed by atoms with E-state index < -0.39 is 0 Å². The van der Waals surface area contributed by atoms with Gasteiger partial charge in [-0.3, -0.25) is 9.78 Å². The van der Waals surface area contributed by atoms with Crippen molar-refractivity contribution in [2.75, 3.05) is 19.7 Å². The minimum absolute atomic E-state index is 0.101. The number of rotatable bonds is 6. The molecule has 0 aliphatic carbocycles. The lowest BCUT2D eigenvalue weighted by molar-refractivity contribution is -0.139. The maximum atomic E-state index is 13.2. The molecule has 1 atom stereocenters. The summed E-state index contributed by atoms with van der Waals surface area (Å²) < 4.78 is 21.1. The summed E-state index contributed by atoms with van der Waals surface area (Å²) in [7, 11) is 0. The Kier molecular flexibility index (Phi) is 6.13. The Balaban J connectivity index is 1.22. The van der Waals surface area contributed by atoms with E-state index in [1.54, 1.807) is 18.5 Å². The van der Waals surface area contributed by atoms with Gasteiger partial charge in [0, 0.05) is 31.6 Å². The largest absolute Gasteiger partial charge is 0.368 e. The van der Waals surface area contributed by atoms with Crippen molar-refractivity contribution in [3.05, 3.63) is 95.8 Å². The summed E-state index contributed by atoms with van der Waals surface area (Å²) in [6.45, 7) is 2.13. The molecule has 33 heavy (non-hydrogen) atoms. The second kappa shape index (κ2) is 9.50. The SMILES string of the molecule is O=C(CCn1cnc2ccccc21)N1CCO[C@H](c2cccc(Cc3ccc(F)cc3)n2)C1. The lowest BCUT2D eigenvalue weighted by Gasteiger charge is -2.33. The van der Waals surface area contributed by atoms with Crippen LogP contribution in [0.2, 0.25) is 0 Å². The summed E-state index contributed by atoms with van der Waals surface area (Å²) in [4.78, 5) is 23.9. The Morgan fingerprint density at radius 1 is 1.06 bits per heavy atom. The summed E-state index contributed by atoms with van der Waals surface area (Å²) in [5, 5.41) is 0. The molecule has 0 radical (unpaired) electrons. The summed E-state index contributed by atoms with van der Waals surface area (Å²) in [5.41, 5.74) is 4.66. The van der Waals surface area contributed by atoms with Gasteiger partial charge in [0.05, 0.1) is 36.2 Å². The highest BCUT2D eigenvalue weighted by atomic mass is 19.1. The van der Waals surface area contributed by atoms with Crippen LogP contribution in [0.3, 0.4) is 0 Å². The predicted molar refractivity (Wildman–Crippen MR) is 123 cm³/mol. The number of benzene rings is 2. The Labute approximate surface area is 191 Å². The minimum Gasteiger partial charge on any atom is -0.368 e. The average molecular weight is 445 g/mol. The van der Waals surface area contributed by atoms with Crippen LogP contribution in [0.15, 0.2) is 73.1 Å². The van der Waals surface area contributed by atoms with E-state index in [2.05, 4.69) is 4.98 Å². The predicted octanol–water partition coefficient (Wildman–Crippen LogP) is 4.15. The number of para-hydroxylation sites is 2. The highest BCUT2D eigenvalue weighted by Crippen LogP contribution is 2.22. The van der Waals surface area contributed by atoms with Crippen molar-refractivity contribution in [1.82, 2.24) is 19.4 Å². The number of carbonyl (C=O) groups is 1. The van der Waals surface area contributed by atoms with Gasteiger partial charge in [-0.2, -0.15) is 0 Å². The summed E-state index contributed by atoms with van der Waals surface area (Å²) >= 11 is 0. The van der Waals surface area contributed by atoms with Gasteiger partial charge < -0.3 is 14.2 Å². The maximum absolute atomic E-state index is 13.2. The van der Waals surface area contributed by atoms with Gasteiger partial charge in [-0.1, -0.05) is 30.3 Å². The Bertz CT molecular complexity index is 1250. The second-order valence-corrected chi connectivity index (χ2v) is 8.23. The zero-order valence-electron chi connectivity index (χ0n) is 18.2. The normalized spacial score (nSPS) is 16.3. The van der Waals surface area contributed by atoms with Crippen LogP contribution in [-0.4, -0.2) is 45.0 Å². The first-order valence-electron chi connectivity index (χ1n) is 11.2. The van der Waals surface area contributed by atoms with Crippen LogP contribution >= 0.6 is 0 Å². The molecular formula is C26H25FN4O2. The number of pyridine rings is 1. The molecule has 1 fully saturated rings. The van der Waals surface area contributed by atoms with Gasteiger partial charge in [-0.15, -0.1) is 0 Å². The van der Waals surface area contributed by atoms with E-state index in [9.17, 15) is 9.18 Å². The molecule has 5 rings (SSSR count). The van der Waals surface area contributed by atoms with Crippen LogP contribution < -0.4 is 0 Å². The van der Waals surface area contributed by atoms with E-state index in [1.807, 2.05) is 51.9 Å². The van der Waals surface area contributed by atoms with E-state index in [0.29, 0.717) is 39.1 Å². The summed E-state index contributed by atoms with van der Waals surface area (Å²) in [6.07, 6.45) is 2.55. The molecule has 4 aromatic rings. The highest BCUT2D eigenvalue weighted by molar-refractivity contribution is 5.77. The molecule has 1 aliphatic heterocycles. The number of carbonyl (C=O) groups excluding carboxylic acids is 1. The molecular weight excluding hydrogens is 419 g/mol. The highest BCUT2D eigenvalue weighted by Gasteiger charge is 2.26. The fourth-order valence-electron chi connectivity index (χ4n) is 4.20. The first-order valence-corrected chi connectivity index (χ1v) is 11.2. The van der Waals surface area contributed by atoms with Crippen LogP contribution in [0.1, 0.15) is 29.5 Å². The van der Waals surface area contributed by atoms with Crippen molar-refractivity contribution < 1.29 is 13.9 Å². The van der Waals surface area contributed by atoms with E-state index in [1.165, 1.54) is 12.1 Å². The van der Waals surface area contributed by atoms with Crippen LogP contribution in [0.4, 0.5) is 4.39 Å². The number of halogens is 1. The van der Waals surface area contributed by atoms with Crippen molar-refractivity contribution in [3.8, 4) is 0 Å². The van der Waals surface area contributed by atoms with Crippen molar-refractivity contribution in [2.45, 2.75) is 25.5 Å². The number of ether oxygens (including phenoxy) is 1. The Morgan fingerprint density at radius 2 is 1.91 bits per heavy atom. The van der Waals surface area contributed by atoms with Gasteiger partial charge in [-0.05, 0) is 42.0 Å². The molecule has 2 aromatic heterocycles. The molecule has 2 aromatic carbocycles. The molecule has 168 valence electrons. The third-order valence-corrected chi connectivity index (χ3v) is 5.97. The fourth-order valence-corrected chi connectivity index (χ4v) is 4.20. The quantitative estimate of drug-likeness (QED) is 0.448. The molecule has 0 saturated carbocycles. The number of hydrogen-bond acceptors (Lipinski definition) is 4. The minimum atomic E-state index is -0.259. The van der Waals surface area contributed by atoms with Crippen molar-refractivity contribution >= 4 is 16.9 Å². The maximum Gasteiger partial charge on any atom is 0.224 e. The van der Waals surface area contributed by atoms with Crippen LogP contribution in [0.25, 0.3) is 11.0 Å². The van der Waals surface area contributed by atoms with Gasteiger partial charge in [0.2, 0.25) is 5.91 Å². The van der Waals surface area contributed by atoms with E-state index in [4.69, 9.17) is 9.72 Å². The molecule has 0 bridgehead atoms. The third-order valence-electron chi connectivity index (χ3n) is 5.97. The molecule has 0 spiro atoms. The van der Waals surface area contributed by atoms with Crippen LogP contribution in [-0.2, 0) is 22.5 Å².